The number of para-hydroxylation sites is 1. The molecule has 0 aliphatic carbocycles. The highest BCUT2D eigenvalue weighted by Gasteiger charge is 2.16. The van der Waals surface area contributed by atoms with Crippen LogP contribution in [0.15, 0.2) is 41.1 Å². The van der Waals surface area contributed by atoms with Crippen molar-refractivity contribution in [1.82, 2.24) is 5.32 Å². The van der Waals surface area contributed by atoms with Gasteiger partial charge in [-0.1, -0.05) is 18.2 Å². The van der Waals surface area contributed by atoms with Crippen molar-refractivity contribution in [1.29, 1.82) is 0 Å². The third-order valence-electron chi connectivity index (χ3n) is 3.06. The van der Waals surface area contributed by atoms with Crippen LogP contribution >= 0.6 is 11.3 Å². The Morgan fingerprint density at radius 1 is 1.40 bits per heavy atom. The molecule has 0 amide bonds. The summed E-state index contributed by atoms with van der Waals surface area (Å²) >= 11 is 1.57. The van der Waals surface area contributed by atoms with Crippen LogP contribution in [0.1, 0.15) is 23.6 Å². The van der Waals surface area contributed by atoms with Crippen molar-refractivity contribution < 1.29 is 14.6 Å². The van der Waals surface area contributed by atoms with Crippen molar-refractivity contribution >= 4 is 17.3 Å². The maximum absolute atomic E-state index is 11.0. The maximum Gasteiger partial charge on any atom is 0.305 e. The smallest absolute Gasteiger partial charge is 0.305 e. The van der Waals surface area contributed by atoms with E-state index < -0.39 is 5.97 Å². The Hall–Kier alpha value is -1.85. The third-order valence-corrected chi connectivity index (χ3v) is 3.76. The van der Waals surface area contributed by atoms with Crippen LogP contribution < -0.4 is 10.1 Å². The summed E-state index contributed by atoms with van der Waals surface area (Å²) < 4.78 is 5.30. The lowest BCUT2D eigenvalue weighted by Gasteiger charge is -2.17. The Bertz CT molecular complexity index is 554. The van der Waals surface area contributed by atoms with Crippen molar-refractivity contribution in [2.75, 3.05) is 7.11 Å². The molecule has 0 saturated heterocycles. The van der Waals surface area contributed by atoms with Crippen LogP contribution in [0.25, 0.3) is 0 Å². The summed E-state index contributed by atoms with van der Waals surface area (Å²) in [4.78, 5) is 11.0. The van der Waals surface area contributed by atoms with Gasteiger partial charge in [-0.2, -0.15) is 11.3 Å². The first-order chi connectivity index (χ1) is 9.70. The zero-order chi connectivity index (χ0) is 14.4. The van der Waals surface area contributed by atoms with Crippen LogP contribution in [0, 0.1) is 0 Å². The molecule has 2 N–H and O–H groups in total. The molecule has 2 aromatic rings. The van der Waals surface area contributed by atoms with E-state index in [1.165, 1.54) is 0 Å². The fourth-order valence-corrected chi connectivity index (χ4v) is 2.75. The Balaban J connectivity index is 2.07. The minimum absolute atomic E-state index is 0.0614. The van der Waals surface area contributed by atoms with Crippen molar-refractivity contribution in [3.8, 4) is 5.75 Å². The minimum Gasteiger partial charge on any atom is -0.496 e. The largest absolute Gasteiger partial charge is 0.496 e. The molecular formula is C15H17NO3S. The number of hydrogen-bond acceptors (Lipinski definition) is 4. The van der Waals surface area contributed by atoms with Gasteiger partial charge in [-0.3, -0.25) is 4.79 Å². The predicted molar refractivity (Wildman–Crippen MR) is 79.1 cm³/mol. The van der Waals surface area contributed by atoms with Gasteiger partial charge in [0.05, 0.1) is 13.5 Å². The zero-order valence-corrected chi connectivity index (χ0v) is 12.0. The first kappa shape index (κ1) is 14.6. The second-order valence-corrected chi connectivity index (χ2v) is 5.18. The van der Waals surface area contributed by atoms with Gasteiger partial charge >= 0.3 is 5.97 Å². The van der Waals surface area contributed by atoms with Crippen LogP contribution in [0.3, 0.4) is 0 Å². The summed E-state index contributed by atoms with van der Waals surface area (Å²) in [6.45, 7) is 0.567. The highest BCUT2D eigenvalue weighted by Crippen LogP contribution is 2.22. The number of ether oxygens (including phenoxy) is 1. The van der Waals surface area contributed by atoms with Crippen molar-refractivity contribution in [2.24, 2.45) is 0 Å². The number of thiophene rings is 1. The third kappa shape index (κ3) is 3.82. The molecule has 0 saturated carbocycles. The summed E-state index contributed by atoms with van der Waals surface area (Å²) in [5.74, 6) is -0.00637. The van der Waals surface area contributed by atoms with Gasteiger partial charge in [0.2, 0.25) is 0 Å². The van der Waals surface area contributed by atoms with E-state index in [-0.39, 0.29) is 12.5 Å². The Labute approximate surface area is 122 Å². The van der Waals surface area contributed by atoms with E-state index in [0.29, 0.717) is 6.54 Å². The lowest BCUT2D eigenvalue weighted by molar-refractivity contribution is -0.137. The molecule has 0 aliphatic rings. The van der Waals surface area contributed by atoms with Crippen molar-refractivity contribution in [3.63, 3.8) is 0 Å². The van der Waals surface area contributed by atoms with Crippen LogP contribution in [0.2, 0.25) is 0 Å². The van der Waals surface area contributed by atoms with Crippen molar-refractivity contribution in [2.45, 2.75) is 19.0 Å². The molecule has 0 radical (unpaired) electrons. The fraction of sp³-hybridized carbons (Fsp3) is 0.267. The molecule has 1 aromatic carbocycles. The molecule has 0 aliphatic heterocycles. The van der Waals surface area contributed by atoms with E-state index in [4.69, 9.17) is 9.84 Å². The monoisotopic (exact) mass is 291 g/mol. The van der Waals surface area contributed by atoms with E-state index in [0.717, 1.165) is 16.9 Å². The van der Waals surface area contributed by atoms with E-state index in [2.05, 4.69) is 5.32 Å². The normalized spacial score (nSPS) is 12.1. The average Bonchev–Trinajstić information content (AvgIpc) is 2.97. The van der Waals surface area contributed by atoms with Gasteiger partial charge in [0.15, 0.2) is 0 Å². The summed E-state index contributed by atoms with van der Waals surface area (Å²) in [7, 11) is 1.63. The van der Waals surface area contributed by atoms with Gasteiger partial charge in [-0.05, 0) is 28.5 Å². The number of rotatable bonds is 7. The molecule has 0 spiro atoms. The zero-order valence-electron chi connectivity index (χ0n) is 11.2. The first-order valence-electron chi connectivity index (χ1n) is 6.30. The van der Waals surface area contributed by atoms with Gasteiger partial charge in [0, 0.05) is 18.2 Å². The molecule has 0 fully saturated rings. The van der Waals surface area contributed by atoms with E-state index in [1.54, 1.807) is 18.4 Å². The summed E-state index contributed by atoms with van der Waals surface area (Å²) in [6, 6.07) is 9.48. The van der Waals surface area contributed by atoms with E-state index in [1.807, 2.05) is 41.1 Å². The quantitative estimate of drug-likeness (QED) is 0.823. The number of methoxy groups -OCH3 is 1. The molecular weight excluding hydrogens is 274 g/mol. The first-order valence-corrected chi connectivity index (χ1v) is 7.24. The second-order valence-electron chi connectivity index (χ2n) is 4.40. The molecule has 20 heavy (non-hydrogen) atoms. The summed E-state index contributed by atoms with van der Waals surface area (Å²) in [5, 5.41) is 16.2. The fourth-order valence-electron chi connectivity index (χ4n) is 2.04. The number of nitrogens with one attached hydrogen (secondary N) is 1. The molecule has 4 nitrogen and oxygen atoms in total. The second kappa shape index (κ2) is 7.07. The Kier molecular flexibility index (Phi) is 5.15. The summed E-state index contributed by atoms with van der Waals surface area (Å²) in [5.41, 5.74) is 2.02. The van der Waals surface area contributed by atoms with Crippen molar-refractivity contribution in [3.05, 3.63) is 52.2 Å². The number of hydrogen-bond donors (Lipinski definition) is 2. The lowest BCUT2D eigenvalue weighted by Crippen LogP contribution is -2.23. The van der Waals surface area contributed by atoms with Crippen LogP contribution in [-0.2, 0) is 11.3 Å². The molecule has 1 heterocycles. The Morgan fingerprint density at radius 3 is 2.85 bits per heavy atom. The van der Waals surface area contributed by atoms with Crippen LogP contribution in [0.5, 0.6) is 5.75 Å². The molecule has 0 unspecified atom stereocenters. The predicted octanol–water partition coefficient (Wildman–Crippen LogP) is 3.06. The molecule has 106 valence electrons. The number of carboxylic acid groups (broad SMARTS) is 1. The van der Waals surface area contributed by atoms with Crippen LogP contribution in [0.4, 0.5) is 0 Å². The highest BCUT2D eigenvalue weighted by molar-refractivity contribution is 7.07. The molecule has 1 aromatic heterocycles. The number of carboxylic acids is 1. The van der Waals surface area contributed by atoms with Gasteiger partial charge in [0.25, 0.3) is 0 Å². The number of benzene rings is 1. The van der Waals surface area contributed by atoms with Crippen LogP contribution in [-0.4, -0.2) is 18.2 Å². The Morgan fingerprint density at radius 2 is 2.20 bits per heavy atom. The standard InChI is InChI=1S/C15H17NO3S/c1-19-14-5-3-2-4-11(14)9-16-13(8-15(17)18)12-6-7-20-10-12/h2-7,10,13,16H,8-9H2,1H3,(H,17,18)/t13-/m0/s1. The molecule has 2 rings (SSSR count). The lowest BCUT2D eigenvalue weighted by atomic mass is 10.1. The molecule has 5 heteroatoms. The van der Waals surface area contributed by atoms with Gasteiger partial charge in [0.1, 0.15) is 5.75 Å². The molecule has 1 atom stereocenters. The average molecular weight is 291 g/mol. The minimum atomic E-state index is -0.811. The topological polar surface area (TPSA) is 58.6 Å². The highest BCUT2D eigenvalue weighted by atomic mass is 32.1. The van der Waals surface area contributed by atoms with E-state index in [9.17, 15) is 4.79 Å². The number of carbonyl (C=O) groups is 1. The molecule has 0 bridgehead atoms. The van der Waals surface area contributed by atoms with Gasteiger partial charge < -0.3 is 15.2 Å². The maximum atomic E-state index is 11.0. The summed E-state index contributed by atoms with van der Waals surface area (Å²) in [6.07, 6.45) is 0.0614. The number of aliphatic carboxylic acids is 1. The van der Waals surface area contributed by atoms with Gasteiger partial charge in [-0.15, -0.1) is 0 Å². The van der Waals surface area contributed by atoms with Gasteiger partial charge in [-0.25, -0.2) is 0 Å². The SMILES string of the molecule is COc1ccccc1CN[C@@H](CC(=O)O)c1ccsc1. The van der Waals surface area contributed by atoms with E-state index >= 15 is 0 Å².